The van der Waals surface area contributed by atoms with Gasteiger partial charge in [0.1, 0.15) is 0 Å². The van der Waals surface area contributed by atoms with Crippen LogP contribution in [0.15, 0.2) is 0 Å². The Morgan fingerprint density at radius 3 is 2.50 bits per heavy atom. The first-order valence-corrected chi connectivity index (χ1v) is 5.61. The van der Waals surface area contributed by atoms with E-state index in [0.717, 1.165) is 32.2 Å². The van der Waals surface area contributed by atoms with Crippen LogP contribution in [0.2, 0.25) is 0 Å². The number of nitrogens with two attached hydrogens (primary N) is 1. The van der Waals surface area contributed by atoms with Crippen molar-refractivity contribution >= 4 is 5.91 Å². The minimum atomic E-state index is 0.148. The zero-order chi connectivity index (χ0) is 11.0. The second-order valence-electron chi connectivity index (χ2n) is 4.10. The fraction of sp³-hybridized carbons (Fsp3) is 0.909. The lowest BCUT2D eigenvalue weighted by Gasteiger charge is -2.11. The van der Waals surface area contributed by atoms with Crippen molar-refractivity contribution in [2.75, 3.05) is 6.54 Å². The lowest BCUT2D eigenvalue weighted by Crippen LogP contribution is -2.30. The maximum Gasteiger partial charge on any atom is 0.222 e. The van der Waals surface area contributed by atoms with Crippen molar-refractivity contribution in [2.45, 2.75) is 52.5 Å². The van der Waals surface area contributed by atoms with Crippen LogP contribution in [0.5, 0.6) is 0 Å². The molecular formula is C11H24N2O. The lowest BCUT2D eigenvalue weighted by molar-refractivity contribution is -0.124. The van der Waals surface area contributed by atoms with Gasteiger partial charge in [-0.25, -0.2) is 0 Å². The minimum absolute atomic E-state index is 0.148. The number of nitrogens with one attached hydrogen (secondary N) is 1. The molecule has 0 bridgehead atoms. The largest absolute Gasteiger partial charge is 0.356 e. The summed E-state index contributed by atoms with van der Waals surface area (Å²) in [5, 5.41) is 2.93. The van der Waals surface area contributed by atoms with Crippen LogP contribution in [0.1, 0.15) is 46.5 Å². The van der Waals surface area contributed by atoms with Crippen LogP contribution in [0.3, 0.4) is 0 Å². The number of hydrogen-bond acceptors (Lipinski definition) is 2. The Morgan fingerprint density at radius 1 is 1.36 bits per heavy atom. The average molecular weight is 200 g/mol. The zero-order valence-corrected chi connectivity index (χ0v) is 9.68. The van der Waals surface area contributed by atoms with Gasteiger partial charge in [0.15, 0.2) is 0 Å². The summed E-state index contributed by atoms with van der Waals surface area (Å²) in [4.78, 5) is 11.4. The number of hydrogen-bond donors (Lipinski definition) is 2. The Balaban J connectivity index is 3.44. The fourth-order valence-electron chi connectivity index (χ4n) is 1.37. The first-order valence-electron chi connectivity index (χ1n) is 5.61. The Kier molecular flexibility index (Phi) is 7.48. The van der Waals surface area contributed by atoms with Gasteiger partial charge in [-0.3, -0.25) is 4.79 Å². The van der Waals surface area contributed by atoms with E-state index < -0.39 is 0 Å². The molecule has 0 aliphatic heterocycles. The summed E-state index contributed by atoms with van der Waals surface area (Å²) in [5.74, 6) is 0.326. The first-order chi connectivity index (χ1) is 6.57. The smallest absolute Gasteiger partial charge is 0.222 e. The predicted molar refractivity (Wildman–Crippen MR) is 60.0 cm³/mol. The highest BCUT2D eigenvalue weighted by atomic mass is 16.1. The van der Waals surface area contributed by atoms with Gasteiger partial charge in [0, 0.05) is 18.5 Å². The maximum atomic E-state index is 11.4. The standard InChI is InChI=1S/C11H24N2O/c1-4-6-9(2)11(14)13-8-5-7-10(3)12/h9-10H,4-8,12H2,1-3H3,(H,13,14). The van der Waals surface area contributed by atoms with Gasteiger partial charge < -0.3 is 11.1 Å². The molecule has 84 valence electrons. The molecule has 0 saturated heterocycles. The van der Waals surface area contributed by atoms with E-state index in [4.69, 9.17) is 5.73 Å². The highest BCUT2D eigenvalue weighted by molar-refractivity contribution is 5.78. The Hall–Kier alpha value is -0.570. The second kappa shape index (κ2) is 7.80. The van der Waals surface area contributed by atoms with Crippen LogP contribution >= 0.6 is 0 Å². The maximum absolute atomic E-state index is 11.4. The zero-order valence-electron chi connectivity index (χ0n) is 9.68. The first kappa shape index (κ1) is 13.4. The molecule has 1 amide bonds. The number of carbonyl (C=O) groups excluding carboxylic acids is 1. The molecule has 2 atom stereocenters. The molecule has 0 radical (unpaired) electrons. The lowest BCUT2D eigenvalue weighted by atomic mass is 10.1. The van der Waals surface area contributed by atoms with Crippen LogP contribution in [0.4, 0.5) is 0 Å². The minimum Gasteiger partial charge on any atom is -0.356 e. The van der Waals surface area contributed by atoms with Crippen molar-refractivity contribution in [1.82, 2.24) is 5.32 Å². The summed E-state index contributed by atoms with van der Waals surface area (Å²) >= 11 is 0. The predicted octanol–water partition coefficient (Wildman–Crippen LogP) is 1.67. The molecule has 14 heavy (non-hydrogen) atoms. The van der Waals surface area contributed by atoms with E-state index >= 15 is 0 Å². The van der Waals surface area contributed by atoms with E-state index in [0.29, 0.717) is 0 Å². The highest BCUT2D eigenvalue weighted by Crippen LogP contribution is 2.04. The van der Waals surface area contributed by atoms with Crippen molar-refractivity contribution in [2.24, 2.45) is 11.7 Å². The summed E-state index contributed by atoms with van der Waals surface area (Å²) in [5.41, 5.74) is 5.60. The van der Waals surface area contributed by atoms with Gasteiger partial charge in [0.2, 0.25) is 5.91 Å². The van der Waals surface area contributed by atoms with Crippen LogP contribution in [-0.2, 0) is 4.79 Å². The van der Waals surface area contributed by atoms with Crippen molar-refractivity contribution < 1.29 is 4.79 Å². The molecule has 0 spiro atoms. The van der Waals surface area contributed by atoms with Crippen molar-refractivity contribution in [3.05, 3.63) is 0 Å². The molecule has 0 heterocycles. The SMILES string of the molecule is CCCC(C)C(=O)NCCCC(C)N. The summed E-state index contributed by atoms with van der Waals surface area (Å²) in [6.45, 7) is 6.82. The molecule has 0 rings (SSSR count). The molecule has 3 nitrogen and oxygen atoms in total. The molecule has 0 saturated carbocycles. The van der Waals surface area contributed by atoms with Crippen molar-refractivity contribution in [1.29, 1.82) is 0 Å². The summed E-state index contributed by atoms with van der Waals surface area (Å²) in [6, 6.07) is 0.236. The Labute approximate surface area is 87.4 Å². The van der Waals surface area contributed by atoms with Gasteiger partial charge in [-0.1, -0.05) is 20.3 Å². The number of carbonyl (C=O) groups is 1. The van der Waals surface area contributed by atoms with E-state index in [1.165, 1.54) is 0 Å². The molecule has 0 aliphatic carbocycles. The molecule has 0 fully saturated rings. The van der Waals surface area contributed by atoms with Crippen LogP contribution in [-0.4, -0.2) is 18.5 Å². The Bertz CT molecular complexity index is 157. The van der Waals surface area contributed by atoms with Crippen LogP contribution < -0.4 is 11.1 Å². The van der Waals surface area contributed by atoms with E-state index in [9.17, 15) is 4.79 Å². The second-order valence-corrected chi connectivity index (χ2v) is 4.10. The summed E-state index contributed by atoms with van der Waals surface area (Å²) in [7, 11) is 0. The van der Waals surface area contributed by atoms with E-state index in [1.54, 1.807) is 0 Å². The number of amides is 1. The summed E-state index contributed by atoms with van der Waals surface area (Å²) in [6.07, 6.45) is 3.98. The third-order valence-corrected chi connectivity index (χ3v) is 2.30. The summed E-state index contributed by atoms with van der Waals surface area (Å²) < 4.78 is 0. The van der Waals surface area contributed by atoms with Gasteiger partial charge in [-0.2, -0.15) is 0 Å². The normalized spacial score (nSPS) is 14.9. The Morgan fingerprint density at radius 2 is 2.00 bits per heavy atom. The number of rotatable bonds is 7. The quantitative estimate of drug-likeness (QED) is 0.614. The average Bonchev–Trinajstić information content (AvgIpc) is 2.12. The molecule has 3 heteroatoms. The highest BCUT2D eigenvalue weighted by Gasteiger charge is 2.10. The van der Waals surface area contributed by atoms with Crippen molar-refractivity contribution in [3.63, 3.8) is 0 Å². The fourth-order valence-corrected chi connectivity index (χ4v) is 1.37. The van der Waals surface area contributed by atoms with Gasteiger partial charge in [-0.05, 0) is 26.2 Å². The van der Waals surface area contributed by atoms with E-state index in [-0.39, 0.29) is 17.9 Å². The third kappa shape index (κ3) is 6.89. The molecule has 0 aromatic rings. The van der Waals surface area contributed by atoms with Gasteiger partial charge in [0.05, 0.1) is 0 Å². The topological polar surface area (TPSA) is 55.1 Å². The van der Waals surface area contributed by atoms with E-state index in [2.05, 4.69) is 12.2 Å². The van der Waals surface area contributed by atoms with Crippen LogP contribution in [0.25, 0.3) is 0 Å². The third-order valence-electron chi connectivity index (χ3n) is 2.30. The van der Waals surface area contributed by atoms with Gasteiger partial charge in [-0.15, -0.1) is 0 Å². The van der Waals surface area contributed by atoms with Crippen molar-refractivity contribution in [3.8, 4) is 0 Å². The van der Waals surface area contributed by atoms with Gasteiger partial charge in [0.25, 0.3) is 0 Å². The molecule has 3 N–H and O–H groups in total. The molecule has 0 aliphatic rings. The monoisotopic (exact) mass is 200 g/mol. The van der Waals surface area contributed by atoms with Gasteiger partial charge >= 0.3 is 0 Å². The van der Waals surface area contributed by atoms with E-state index in [1.807, 2.05) is 13.8 Å². The molecular weight excluding hydrogens is 176 g/mol. The molecule has 0 aromatic carbocycles. The molecule has 0 aromatic heterocycles. The van der Waals surface area contributed by atoms with Crippen LogP contribution in [0, 0.1) is 5.92 Å². The molecule has 2 unspecified atom stereocenters.